The molecule has 0 fully saturated rings. The number of thiazole rings is 1. The Kier molecular flexibility index (Phi) is 3.78. The summed E-state index contributed by atoms with van der Waals surface area (Å²) in [5.41, 5.74) is 0.715. The maximum atomic E-state index is 10.7. The lowest BCUT2D eigenvalue weighted by molar-refractivity contribution is -0.136. The Labute approximate surface area is 112 Å². The number of halogens is 1. The minimum atomic E-state index is -0.866. The van der Waals surface area contributed by atoms with Crippen LogP contribution in [0, 0.1) is 6.92 Å². The second-order valence-corrected chi connectivity index (χ2v) is 5.04. The van der Waals surface area contributed by atoms with Crippen LogP contribution in [0.1, 0.15) is 10.6 Å². The largest absolute Gasteiger partial charge is 0.481 e. The number of pyridine rings is 1. The summed E-state index contributed by atoms with van der Waals surface area (Å²) in [7, 11) is 0. The van der Waals surface area contributed by atoms with Gasteiger partial charge in [0.2, 0.25) is 0 Å². The van der Waals surface area contributed by atoms with E-state index in [1.165, 1.54) is 11.3 Å². The number of hydrogen-bond acceptors (Lipinski definition) is 5. The molecule has 0 amide bonds. The van der Waals surface area contributed by atoms with Gasteiger partial charge in [-0.05, 0) is 19.1 Å². The Balaban J connectivity index is 2.17. The van der Waals surface area contributed by atoms with Crippen LogP contribution in [0.15, 0.2) is 18.2 Å². The number of nitrogens with one attached hydrogen (secondary N) is 1. The number of rotatable bonds is 4. The molecule has 0 radical (unpaired) electrons. The van der Waals surface area contributed by atoms with E-state index < -0.39 is 5.97 Å². The number of carbonyl (C=O) groups is 1. The summed E-state index contributed by atoms with van der Waals surface area (Å²) in [5.74, 6) is -0.285. The lowest BCUT2D eigenvalue weighted by Crippen LogP contribution is -1.99. The molecule has 0 atom stereocenters. The maximum Gasteiger partial charge on any atom is 0.308 e. The molecule has 18 heavy (non-hydrogen) atoms. The van der Waals surface area contributed by atoms with Gasteiger partial charge in [0.1, 0.15) is 11.0 Å². The van der Waals surface area contributed by atoms with Gasteiger partial charge in [-0.25, -0.2) is 9.97 Å². The van der Waals surface area contributed by atoms with E-state index in [9.17, 15) is 4.79 Å². The predicted octanol–water partition coefficient (Wildman–Crippen LogP) is 2.87. The van der Waals surface area contributed by atoms with Gasteiger partial charge in [-0.3, -0.25) is 4.79 Å². The third-order valence-corrected chi connectivity index (χ3v) is 3.44. The molecule has 2 heterocycles. The fourth-order valence-corrected chi connectivity index (χ4v) is 2.49. The summed E-state index contributed by atoms with van der Waals surface area (Å²) >= 11 is 7.07. The first-order valence-electron chi connectivity index (χ1n) is 5.12. The zero-order chi connectivity index (χ0) is 13.1. The fraction of sp³-hybridized carbons (Fsp3) is 0.182. The lowest BCUT2D eigenvalue weighted by atomic mass is 10.3. The number of carboxylic acids is 1. The average Bonchev–Trinajstić information content (AvgIpc) is 2.58. The SMILES string of the molecule is Cc1nc(Nc2cccc(Cl)n2)sc1CC(=O)O. The third kappa shape index (κ3) is 3.18. The summed E-state index contributed by atoms with van der Waals surface area (Å²) in [6.45, 7) is 1.78. The van der Waals surface area contributed by atoms with Gasteiger partial charge in [0.05, 0.1) is 12.1 Å². The first-order valence-corrected chi connectivity index (χ1v) is 6.31. The van der Waals surface area contributed by atoms with Gasteiger partial charge in [-0.2, -0.15) is 0 Å². The molecule has 2 aromatic rings. The molecular weight excluding hydrogens is 274 g/mol. The van der Waals surface area contributed by atoms with E-state index in [-0.39, 0.29) is 6.42 Å². The maximum absolute atomic E-state index is 10.7. The molecule has 0 saturated carbocycles. The van der Waals surface area contributed by atoms with Crippen molar-refractivity contribution in [1.82, 2.24) is 9.97 Å². The Hall–Kier alpha value is -1.66. The van der Waals surface area contributed by atoms with Crippen molar-refractivity contribution in [2.24, 2.45) is 0 Å². The predicted molar refractivity (Wildman–Crippen MR) is 70.7 cm³/mol. The monoisotopic (exact) mass is 283 g/mol. The molecule has 2 aromatic heterocycles. The zero-order valence-corrected chi connectivity index (χ0v) is 11.0. The highest BCUT2D eigenvalue weighted by Crippen LogP contribution is 2.25. The van der Waals surface area contributed by atoms with E-state index in [0.717, 1.165) is 4.88 Å². The van der Waals surface area contributed by atoms with Crippen molar-refractivity contribution in [3.8, 4) is 0 Å². The minimum Gasteiger partial charge on any atom is -0.481 e. The highest BCUT2D eigenvalue weighted by Gasteiger charge is 2.11. The Morgan fingerprint density at radius 1 is 1.50 bits per heavy atom. The van der Waals surface area contributed by atoms with Gasteiger partial charge in [0.25, 0.3) is 0 Å². The molecule has 0 spiro atoms. The van der Waals surface area contributed by atoms with Crippen LogP contribution in [0.4, 0.5) is 10.9 Å². The molecule has 0 aliphatic carbocycles. The molecule has 0 bridgehead atoms. The van der Waals surface area contributed by atoms with Crippen molar-refractivity contribution >= 4 is 39.9 Å². The molecule has 2 rings (SSSR count). The van der Waals surface area contributed by atoms with E-state index in [1.54, 1.807) is 25.1 Å². The standard InChI is InChI=1S/C11H10ClN3O2S/c1-6-7(5-10(16)17)18-11(13-6)15-9-4-2-3-8(12)14-9/h2-4H,5H2,1H3,(H,16,17)(H,13,14,15). The second kappa shape index (κ2) is 5.32. The molecule has 2 N–H and O–H groups in total. The van der Waals surface area contributed by atoms with Gasteiger partial charge in [0.15, 0.2) is 5.13 Å². The van der Waals surface area contributed by atoms with Crippen LogP contribution >= 0.6 is 22.9 Å². The highest BCUT2D eigenvalue weighted by molar-refractivity contribution is 7.15. The number of carboxylic acid groups (broad SMARTS) is 1. The van der Waals surface area contributed by atoms with Crippen LogP contribution < -0.4 is 5.32 Å². The van der Waals surface area contributed by atoms with Gasteiger partial charge in [-0.15, -0.1) is 11.3 Å². The number of anilines is 2. The van der Waals surface area contributed by atoms with Gasteiger partial charge in [-0.1, -0.05) is 17.7 Å². The van der Waals surface area contributed by atoms with Crippen molar-refractivity contribution < 1.29 is 9.90 Å². The quantitative estimate of drug-likeness (QED) is 0.844. The van der Waals surface area contributed by atoms with E-state index >= 15 is 0 Å². The van der Waals surface area contributed by atoms with Crippen molar-refractivity contribution in [3.63, 3.8) is 0 Å². The number of aliphatic carboxylic acids is 1. The van der Waals surface area contributed by atoms with Crippen LogP contribution in [0.2, 0.25) is 5.15 Å². The number of aryl methyl sites for hydroxylation is 1. The molecule has 5 nitrogen and oxygen atoms in total. The topological polar surface area (TPSA) is 75.1 Å². The van der Waals surface area contributed by atoms with Gasteiger partial charge >= 0.3 is 5.97 Å². The number of hydrogen-bond donors (Lipinski definition) is 2. The van der Waals surface area contributed by atoms with Crippen molar-refractivity contribution in [2.75, 3.05) is 5.32 Å². The summed E-state index contributed by atoms with van der Waals surface area (Å²) < 4.78 is 0. The Morgan fingerprint density at radius 2 is 2.28 bits per heavy atom. The molecular formula is C11H10ClN3O2S. The molecule has 0 aliphatic rings. The van der Waals surface area contributed by atoms with Crippen LogP contribution in [0.5, 0.6) is 0 Å². The number of nitrogens with zero attached hydrogens (tertiary/aromatic N) is 2. The highest BCUT2D eigenvalue weighted by atomic mass is 35.5. The summed E-state index contributed by atoms with van der Waals surface area (Å²) in [5, 5.41) is 12.8. The first kappa shape index (κ1) is 12.8. The van der Waals surface area contributed by atoms with Gasteiger partial charge in [0, 0.05) is 4.88 Å². The molecule has 0 aliphatic heterocycles. The van der Waals surface area contributed by atoms with Crippen molar-refractivity contribution in [1.29, 1.82) is 0 Å². The second-order valence-electron chi connectivity index (χ2n) is 3.57. The van der Waals surface area contributed by atoms with Crippen LogP contribution in [-0.2, 0) is 11.2 Å². The normalized spacial score (nSPS) is 10.3. The Bertz CT molecular complexity index is 585. The van der Waals surface area contributed by atoms with Crippen molar-refractivity contribution in [2.45, 2.75) is 13.3 Å². The summed E-state index contributed by atoms with van der Waals surface area (Å²) in [4.78, 5) is 19.7. The van der Waals surface area contributed by atoms with E-state index in [1.807, 2.05) is 0 Å². The van der Waals surface area contributed by atoms with Crippen LogP contribution in [-0.4, -0.2) is 21.0 Å². The summed E-state index contributed by atoms with van der Waals surface area (Å²) in [6, 6.07) is 5.21. The van der Waals surface area contributed by atoms with Crippen molar-refractivity contribution in [3.05, 3.63) is 33.9 Å². The fourth-order valence-electron chi connectivity index (χ4n) is 1.37. The molecule has 7 heteroatoms. The van der Waals surface area contributed by atoms with Crippen LogP contribution in [0.3, 0.4) is 0 Å². The molecule has 0 saturated heterocycles. The molecule has 0 aromatic carbocycles. The lowest BCUT2D eigenvalue weighted by Gasteiger charge is -2.00. The van der Waals surface area contributed by atoms with Crippen LogP contribution in [0.25, 0.3) is 0 Å². The minimum absolute atomic E-state index is 0.0197. The summed E-state index contributed by atoms with van der Waals surface area (Å²) in [6.07, 6.45) is -0.0197. The molecule has 0 unspecified atom stereocenters. The Morgan fingerprint density at radius 3 is 2.94 bits per heavy atom. The number of aromatic nitrogens is 2. The smallest absolute Gasteiger partial charge is 0.308 e. The van der Waals surface area contributed by atoms with E-state index in [2.05, 4.69) is 15.3 Å². The van der Waals surface area contributed by atoms with Gasteiger partial charge < -0.3 is 10.4 Å². The molecule has 94 valence electrons. The van der Waals surface area contributed by atoms with E-state index in [4.69, 9.17) is 16.7 Å². The average molecular weight is 284 g/mol. The zero-order valence-electron chi connectivity index (χ0n) is 9.48. The van der Waals surface area contributed by atoms with E-state index in [0.29, 0.717) is 21.8 Å². The third-order valence-electron chi connectivity index (χ3n) is 2.15. The first-order chi connectivity index (χ1) is 8.54.